The lowest BCUT2D eigenvalue weighted by atomic mass is 10.2. The minimum atomic E-state index is -3.67. The van der Waals surface area contributed by atoms with Crippen LogP contribution in [0.5, 0.6) is 5.75 Å². The van der Waals surface area contributed by atoms with Gasteiger partial charge in [0.1, 0.15) is 10.6 Å². The summed E-state index contributed by atoms with van der Waals surface area (Å²) in [5.74, 6) is 0.0566. The van der Waals surface area contributed by atoms with Crippen molar-refractivity contribution in [1.82, 2.24) is 14.1 Å². The van der Waals surface area contributed by atoms with E-state index in [1.807, 2.05) is 0 Å². The Morgan fingerprint density at radius 1 is 1.15 bits per heavy atom. The van der Waals surface area contributed by atoms with Crippen LogP contribution in [0.15, 0.2) is 29.2 Å². The van der Waals surface area contributed by atoms with E-state index in [2.05, 4.69) is 5.10 Å². The van der Waals surface area contributed by atoms with Crippen LogP contribution in [0.25, 0.3) is 0 Å². The van der Waals surface area contributed by atoms with E-state index in [1.54, 1.807) is 38.1 Å². The number of carbonyl (C=O) groups is 1. The van der Waals surface area contributed by atoms with E-state index >= 15 is 0 Å². The summed E-state index contributed by atoms with van der Waals surface area (Å²) in [6.45, 7) is 3.94. The van der Waals surface area contributed by atoms with Crippen molar-refractivity contribution in [3.8, 4) is 5.75 Å². The molecule has 1 aromatic heterocycles. The van der Waals surface area contributed by atoms with Crippen LogP contribution in [0.2, 0.25) is 5.02 Å². The van der Waals surface area contributed by atoms with Crippen molar-refractivity contribution < 1.29 is 17.9 Å². The van der Waals surface area contributed by atoms with Gasteiger partial charge in [0.25, 0.3) is 5.91 Å². The number of ether oxygens (including phenoxy) is 1. The summed E-state index contributed by atoms with van der Waals surface area (Å²) < 4.78 is 34.0. The number of aromatic nitrogens is 2. The highest BCUT2D eigenvalue weighted by molar-refractivity contribution is 7.89. The molecule has 1 aliphatic rings. The second-order valence-corrected chi connectivity index (χ2v) is 8.82. The Labute approximate surface area is 163 Å². The van der Waals surface area contributed by atoms with Gasteiger partial charge in [0, 0.05) is 18.1 Å². The lowest BCUT2D eigenvalue weighted by Crippen LogP contribution is -2.36. The number of halogens is 1. The van der Waals surface area contributed by atoms with Gasteiger partial charge in [-0.05, 0) is 51.0 Å². The van der Waals surface area contributed by atoms with Crippen LogP contribution >= 0.6 is 11.6 Å². The first-order valence-electron chi connectivity index (χ1n) is 8.78. The van der Waals surface area contributed by atoms with Gasteiger partial charge in [0.2, 0.25) is 10.0 Å². The lowest BCUT2D eigenvalue weighted by Gasteiger charge is -2.25. The highest BCUT2D eigenvalue weighted by atomic mass is 35.5. The standard InChI is InChI=1S/C18H22ClN3O4S/c1-13-18(27(24,25)21-10-4-3-5-11-21)14(2)22(20-13)17(23)12-26-16-8-6-15(19)7-9-16/h6-9H,3-5,10-12H2,1-2H3. The molecule has 0 spiro atoms. The summed E-state index contributed by atoms with van der Waals surface area (Å²) >= 11 is 5.82. The average molecular weight is 412 g/mol. The zero-order valence-corrected chi connectivity index (χ0v) is 16.9. The number of sulfonamides is 1. The molecular weight excluding hydrogens is 390 g/mol. The molecule has 146 valence electrons. The van der Waals surface area contributed by atoms with Gasteiger partial charge in [-0.2, -0.15) is 9.40 Å². The Hall–Kier alpha value is -1.90. The maximum atomic E-state index is 13.0. The second kappa shape index (κ2) is 8.00. The Kier molecular flexibility index (Phi) is 5.88. The summed E-state index contributed by atoms with van der Waals surface area (Å²) in [6, 6.07) is 6.63. The van der Waals surface area contributed by atoms with Gasteiger partial charge in [0.05, 0.1) is 11.4 Å². The molecule has 1 aromatic carbocycles. The fourth-order valence-electron chi connectivity index (χ4n) is 3.22. The summed E-state index contributed by atoms with van der Waals surface area (Å²) in [6.07, 6.45) is 2.72. The number of hydrogen-bond acceptors (Lipinski definition) is 5. The van der Waals surface area contributed by atoms with Crippen molar-refractivity contribution in [3.63, 3.8) is 0 Å². The van der Waals surface area contributed by atoms with Crippen LogP contribution in [-0.2, 0) is 10.0 Å². The van der Waals surface area contributed by atoms with Gasteiger partial charge in [-0.15, -0.1) is 0 Å². The Balaban J connectivity index is 1.80. The predicted molar refractivity (Wildman–Crippen MR) is 102 cm³/mol. The quantitative estimate of drug-likeness (QED) is 0.755. The third-order valence-corrected chi connectivity index (χ3v) is 6.95. The third kappa shape index (κ3) is 4.17. The number of hydrogen-bond donors (Lipinski definition) is 0. The molecule has 0 amide bonds. The van der Waals surface area contributed by atoms with Gasteiger partial charge < -0.3 is 4.74 Å². The number of benzene rings is 1. The summed E-state index contributed by atoms with van der Waals surface area (Å²) in [5.41, 5.74) is 0.626. The van der Waals surface area contributed by atoms with E-state index in [9.17, 15) is 13.2 Å². The average Bonchev–Trinajstić information content (AvgIpc) is 2.96. The second-order valence-electron chi connectivity index (χ2n) is 6.51. The number of carbonyl (C=O) groups excluding carboxylic acids is 1. The normalized spacial score (nSPS) is 15.7. The number of piperidine rings is 1. The van der Waals surface area contributed by atoms with Crippen LogP contribution in [0.4, 0.5) is 0 Å². The van der Waals surface area contributed by atoms with Crippen molar-refractivity contribution >= 4 is 27.5 Å². The van der Waals surface area contributed by atoms with E-state index in [0.717, 1.165) is 23.9 Å². The molecule has 9 heteroatoms. The highest BCUT2D eigenvalue weighted by Crippen LogP contribution is 2.26. The number of aryl methyl sites for hydroxylation is 1. The Morgan fingerprint density at radius 3 is 2.41 bits per heavy atom. The smallest absolute Gasteiger partial charge is 0.285 e. The van der Waals surface area contributed by atoms with Crippen LogP contribution in [-0.4, -0.2) is 48.1 Å². The van der Waals surface area contributed by atoms with Gasteiger partial charge in [-0.25, -0.2) is 13.1 Å². The van der Waals surface area contributed by atoms with Gasteiger partial charge in [-0.1, -0.05) is 18.0 Å². The minimum Gasteiger partial charge on any atom is -0.484 e. The van der Waals surface area contributed by atoms with Crippen molar-refractivity contribution in [1.29, 1.82) is 0 Å². The Bertz CT molecular complexity index is 932. The van der Waals surface area contributed by atoms with E-state index in [0.29, 0.717) is 35.2 Å². The van der Waals surface area contributed by atoms with E-state index < -0.39 is 15.9 Å². The topological polar surface area (TPSA) is 81.5 Å². The SMILES string of the molecule is Cc1nn(C(=O)COc2ccc(Cl)cc2)c(C)c1S(=O)(=O)N1CCCCC1. The van der Waals surface area contributed by atoms with Gasteiger partial charge >= 0.3 is 0 Å². The summed E-state index contributed by atoms with van der Waals surface area (Å²) in [7, 11) is -3.67. The first-order chi connectivity index (χ1) is 12.8. The van der Waals surface area contributed by atoms with E-state index in [-0.39, 0.29) is 11.5 Å². The zero-order chi connectivity index (χ0) is 19.6. The third-order valence-electron chi connectivity index (χ3n) is 4.55. The summed E-state index contributed by atoms with van der Waals surface area (Å²) in [5, 5.41) is 4.73. The molecule has 0 aliphatic carbocycles. The van der Waals surface area contributed by atoms with Crippen molar-refractivity contribution in [2.75, 3.05) is 19.7 Å². The molecule has 0 bridgehead atoms. The van der Waals surface area contributed by atoms with Crippen molar-refractivity contribution in [2.45, 2.75) is 38.0 Å². The molecule has 7 nitrogen and oxygen atoms in total. The van der Waals surface area contributed by atoms with Crippen LogP contribution < -0.4 is 4.74 Å². The predicted octanol–water partition coefficient (Wildman–Crippen LogP) is 3.05. The van der Waals surface area contributed by atoms with Crippen LogP contribution in [0.3, 0.4) is 0 Å². The molecule has 1 fully saturated rings. The molecule has 0 saturated carbocycles. The molecule has 0 radical (unpaired) electrons. The molecule has 0 N–H and O–H groups in total. The van der Waals surface area contributed by atoms with Gasteiger partial charge in [0.15, 0.2) is 6.61 Å². The molecule has 1 saturated heterocycles. The van der Waals surface area contributed by atoms with E-state index in [1.165, 1.54) is 4.31 Å². The molecular formula is C18H22ClN3O4S. The zero-order valence-electron chi connectivity index (χ0n) is 15.3. The van der Waals surface area contributed by atoms with Crippen LogP contribution in [0.1, 0.15) is 35.4 Å². The molecule has 0 unspecified atom stereocenters. The fourth-order valence-corrected chi connectivity index (χ4v) is 5.21. The fraction of sp³-hybridized carbons (Fsp3) is 0.444. The molecule has 2 heterocycles. The lowest BCUT2D eigenvalue weighted by molar-refractivity contribution is 0.0818. The molecule has 0 atom stereocenters. The molecule has 2 aromatic rings. The van der Waals surface area contributed by atoms with E-state index in [4.69, 9.17) is 16.3 Å². The maximum absolute atomic E-state index is 13.0. The number of nitrogens with zero attached hydrogens (tertiary/aromatic N) is 3. The largest absolute Gasteiger partial charge is 0.484 e. The first-order valence-corrected chi connectivity index (χ1v) is 10.6. The minimum absolute atomic E-state index is 0.115. The Morgan fingerprint density at radius 2 is 1.78 bits per heavy atom. The number of rotatable bonds is 5. The first kappa shape index (κ1) is 19.9. The highest BCUT2D eigenvalue weighted by Gasteiger charge is 2.32. The van der Waals surface area contributed by atoms with Gasteiger partial charge in [-0.3, -0.25) is 4.79 Å². The maximum Gasteiger partial charge on any atom is 0.285 e. The monoisotopic (exact) mass is 411 g/mol. The molecule has 1 aliphatic heterocycles. The molecule has 3 rings (SSSR count). The van der Waals surface area contributed by atoms with Crippen molar-refractivity contribution in [2.24, 2.45) is 0 Å². The van der Waals surface area contributed by atoms with Crippen LogP contribution in [0, 0.1) is 13.8 Å². The summed E-state index contributed by atoms with van der Waals surface area (Å²) in [4.78, 5) is 12.6. The molecule has 27 heavy (non-hydrogen) atoms. The van der Waals surface area contributed by atoms with Crippen molar-refractivity contribution in [3.05, 3.63) is 40.7 Å².